The van der Waals surface area contributed by atoms with Gasteiger partial charge in [-0.2, -0.15) is 0 Å². The van der Waals surface area contributed by atoms with Crippen molar-refractivity contribution in [1.82, 2.24) is 14.9 Å². The van der Waals surface area contributed by atoms with Crippen molar-refractivity contribution in [2.24, 2.45) is 17.8 Å². The van der Waals surface area contributed by atoms with Crippen LogP contribution >= 0.6 is 0 Å². The Hall–Kier alpha value is -3.61. The Morgan fingerprint density at radius 3 is 2.57 bits per heavy atom. The normalized spacial score (nSPS) is 29.8. The van der Waals surface area contributed by atoms with E-state index in [1.54, 1.807) is 36.2 Å². The first kappa shape index (κ1) is 29.9. The number of hydrogen-bond donors (Lipinski definition) is 3. The number of ether oxygens (including phenoxy) is 2. The maximum atomic E-state index is 13.8. The van der Waals surface area contributed by atoms with Gasteiger partial charge in [0.1, 0.15) is 17.4 Å². The maximum absolute atomic E-state index is 13.8. The molecule has 1 aromatic rings. The van der Waals surface area contributed by atoms with Crippen molar-refractivity contribution in [3.05, 3.63) is 36.4 Å². The molecule has 1 aliphatic heterocycles. The number of carbonyl (C=O) groups excluding carboxylic acids is 4. The number of para-hydroxylation sites is 2. The molecule has 1 heterocycles. The Kier molecular flexibility index (Phi) is 8.49. The molecule has 0 radical (unpaired) electrons. The van der Waals surface area contributed by atoms with Gasteiger partial charge in [0, 0.05) is 19.5 Å². The van der Waals surface area contributed by atoms with Gasteiger partial charge in [-0.15, -0.1) is 0 Å². The molecule has 3 N–H and O–H groups in total. The number of anilines is 1. The van der Waals surface area contributed by atoms with Crippen LogP contribution in [0, 0.1) is 17.8 Å². The van der Waals surface area contributed by atoms with E-state index in [2.05, 4.69) is 15.4 Å². The number of amides is 4. The van der Waals surface area contributed by atoms with E-state index in [1.807, 2.05) is 12.2 Å². The van der Waals surface area contributed by atoms with Crippen LogP contribution in [0.4, 0.5) is 10.5 Å². The molecule has 228 valence electrons. The van der Waals surface area contributed by atoms with Crippen molar-refractivity contribution < 1.29 is 37.1 Å². The van der Waals surface area contributed by atoms with Crippen LogP contribution in [0.1, 0.15) is 51.4 Å². The summed E-state index contributed by atoms with van der Waals surface area (Å²) in [6, 6.07) is 6.85. The van der Waals surface area contributed by atoms with E-state index in [0.29, 0.717) is 30.8 Å². The molecule has 12 nitrogen and oxygen atoms in total. The predicted octanol–water partition coefficient (Wildman–Crippen LogP) is 2.32. The van der Waals surface area contributed by atoms with Crippen LogP contribution in [0.25, 0.3) is 0 Å². The van der Waals surface area contributed by atoms with Crippen LogP contribution in [0.15, 0.2) is 36.4 Å². The molecule has 1 aromatic carbocycles. The molecule has 0 aromatic heterocycles. The first-order valence-corrected chi connectivity index (χ1v) is 16.0. The Balaban J connectivity index is 1.34. The van der Waals surface area contributed by atoms with Crippen LogP contribution < -0.4 is 20.1 Å². The molecular formula is C29H38N4O8S. The second-order valence-electron chi connectivity index (χ2n) is 11.7. The van der Waals surface area contributed by atoms with Gasteiger partial charge in [0.25, 0.3) is 5.91 Å². The van der Waals surface area contributed by atoms with Gasteiger partial charge in [0.05, 0.1) is 29.9 Å². The van der Waals surface area contributed by atoms with Crippen molar-refractivity contribution in [3.63, 3.8) is 0 Å². The lowest BCUT2D eigenvalue weighted by molar-refractivity contribution is -0.140. The molecule has 5 unspecified atom stereocenters. The Labute approximate surface area is 245 Å². The van der Waals surface area contributed by atoms with Crippen LogP contribution in [0.2, 0.25) is 0 Å². The van der Waals surface area contributed by atoms with Crippen LogP contribution in [0.3, 0.4) is 0 Å². The lowest BCUT2D eigenvalue weighted by Gasteiger charge is -2.26. The predicted molar refractivity (Wildman–Crippen MR) is 153 cm³/mol. The van der Waals surface area contributed by atoms with E-state index in [-0.39, 0.29) is 31.1 Å². The van der Waals surface area contributed by atoms with Crippen molar-refractivity contribution >= 4 is 39.5 Å². The number of sulfonamides is 1. The smallest absolute Gasteiger partial charge is 0.412 e. The summed E-state index contributed by atoms with van der Waals surface area (Å²) in [5.41, 5.74) is -1.00. The van der Waals surface area contributed by atoms with Crippen LogP contribution in [-0.2, 0) is 29.1 Å². The van der Waals surface area contributed by atoms with Gasteiger partial charge in [-0.25, -0.2) is 13.2 Å². The lowest BCUT2D eigenvalue weighted by atomic mass is 9.93. The SMILES string of the molecule is COc1ccccc1NC(=O)OC1CC2C(=O)NC3(C(=O)NS(=O)(=O)C4CC4)CC3C=CCCCCN(C)C(=O)C2C1. The molecule has 0 bridgehead atoms. The van der Waals surface area contributed by atoms with Gasteiger partial charge in [-0.3, -0.25) is 24.4 Å². The quantitative estimate of drug-likeness (QED) is 0.418. The summed E-state index contributed by atoms with van der Waals surface area (Å²) in [6.45, 7) is 0.520. The molecule has 42 heavy (non-hydrogen) atoms. The minimum absolute atomic E-state index is 0.0774. The number of hydrogen-bond acceptors (Lipinski definition) is 8. The fourth-order valence-electron chi connectivity index (χ4n) is 5.93. The minimum atomic E-state index is -3.82. The molecule has 4 amide bonds. The highest BCUT2D eigenvalue weighted by Gasteiger charge is 2.62. The molecule has 0 spiro atoms. The first-order chi connectivity index (χ1) is 20.0. The molecule has 5 rings (SSSR count). The van der Waals surface area contributed by atoms with Gasteiger partial charge in [0.15, 0.2) is 0 Å². The number of nitrogens with zero attached hydrogens (tertiary/aromatic N) is 1. The highest BCUT2D eigenvalue weighted by molar-refractivity contribution is 7.91. The van der Waals surface area contributed by atoms with Crippen LogP contribution in [0.5, 0.6) is 5.75 Å². The third-order valence-electron chi connectivity index (χ3n) is 8.61. The number of nitrogens with one attached hydrogen (secondary N) is 3. The van der Waals surface area contributed by atoms with Gasteiger partial charge >= 0.3 is 6.09 Å². The summed E-state index contributed by atoms with van der Waals surface area (Å²) in [5.74, 6) is -3.09. The summed E-state index contributed by atoms with van der Waals surface area (Å²) in [5, 5.41) is 4.88. The van der Waals surface area contributed by atoms with Crippen molar-refractivity contribution in [2.45, 2.75) is 68.3 Å². The van der Waals surface area contributed by atoms with E-state index in [9.17, 15) is 27.6 Å². The maximum Gasteiger partial charge on any atom is 0.412 e. The van der Waals surface area contributed by atoms with Gasteiger partial charge < -0.3 is 19.7 Å². The van der Waals surface area contributed by atoms with Crippen molar-refractivity contribution in [2.75, 3.05) is 26.0 Å². The van der Waals surface area contributed by atoms with Crippen molar-refractivity contribution in [3.8, 4) is 5.75 Å². The standard InChI is InChI=1S/C29H38N4O8S/c1-33-14-8-4-3-5-9-18-17-29(18,27(36)32-42(38,39)20-12-13-20)31-25(34)21-15-19(16-22(21)26(33)35)41-28(37)30-23-10-6-7-11-24(23)40-2/h5-7,9-11,18-22H,3-4,8,12-17H2,1-2H3,(H,30,37)(H,31,34)(H,32,36). The van der Waals surface area contributed by atoms with Crippen molar-refractivity contribution in [1.29, 1.82) is 0 Å². The zero-order valence-corrected chi connectivity index (χ0v) is 24.7. The summed E-state index contributed by atoms with van der Waals surface area (Å²) < 4.78 is 38.2. The minimum Gasteiger partial charge on any atom is -0.495 e. The second-order valence-corrected chi connectivity index (χ2v) is 13.6. The molecule has 3 fully saturated rings. The molecule has 5 atom stereocenters. The first-order valence-electron chi connectivity index (χ1n) is 14.4. The third-order valence-corrected chi connectivity index (χ3v) is 10.4. The molecule has 3 saturated carbocycles. The third kappa shape index (κ3) is 6.40. The second kappa shape index (κ2) is 11.9. The topological polar surface area (TPSA) is 160 Å². The molecule has 0 saturated heterocycles. The largest absolute Gasteiger partial charge is 0.495 e. The monoisotopic (exact) mass is 602 g/mol. The number of allylic oxidation sites excluding steroid dienone is 1. The number of rotatable bonds is 6. The summed E-state index contributed by atoms with van der Waals surface area (Å²) in [6.07, 6.45) is 6.11. The fourth-order valence-corrected chi connectivity index (χ4v) is 7.29. The van der Waals surface area contributed by atoms with E-state index >= 15 is 0 Å². The average Bonchev–Trinajstić information content (AvgIpc) is 3.87. The Bertz CT molecular complexity index is 1380. The number of fused-ring (bicyclic) bond motifs is 2. The number of carbonyl (C=O) groups is 4. The van der Waals surface area contributed by atoms with Crippen LogP contribution in [-0.4, -0.2) is 74.7 Å². The number of methoxy groups -OCH3 is 1. The summed E-state index contributed by atoms with van der Waals surface area (Å²) >= 11 is 0. The fraction of sp³-hybridized carbons (Fsp3) is 0.586. The zero-order valence-electron chi connectivity index (χ0n) is 23.8. The van der Waals surface area contributed by atoms with E-state index in [1.165, 1.54) is 7.11 Å². The van der Waals surface area contributed by atoms with E-state index in [0.717, 1.165) is 19.3 Å². The van der Waals surface area contributed by atoms with Gasteiger partial charge in [-0.1, -0.05) is 24.3 Å². The van der Waals surface area contributed by atoms with Gasteiger partial charge in [0.2, 0.25) is 21.8 Å². The van der Waals surface area contributed by atoms with E-state index in [4.69, 9.17) is 9.47 Å². The Morgan fingerprint density at radius 1 is 1.10 bits per heavy atom. The summed E-state index contributed by atoms with van der Waals surface area (Å²) in [7, 11) is -0.650. The molecule has 4 aliphatic rings. The van der Waals surface area contributed by atoms with Gasteiger partial charge in [-0.05, 0) is 63.5 Å². The lowest BCUT2D eigenvalue weighted by Crippen LogP contribution is -2.54. The average molecular weight is 603 g/mol. The van der Waals surface area contributed by atoms with E-state index < -0.39 is 56.7 Å². The molecule has 13 heteroatoms. The zero-order chi connectivity index (χ0) is 30.1. The molecular weight excluding hydrogens is 564 g/mol. The Morgan fingerprint density at radius 2 is 1.83 bits per heavy atom. The highest BCUT2D eigenvalue weighted by Crippen LogP contribution is 2.47. The summed E-state index contributed by atoms with van der Waals surface area (Å²) in [4.78, 5) is 55.0. The highest BCUT2D eigenvalue weighted by atomic mass is 32.2. The molecule has 3 aliphatic carbocycles. The number of benzene rings is 1.